The number of carbonyl (C=O) groups is 3. The number of nitrogens with one attached hydrogen (secondary N) is 1. The number of benzene rings is 2. The molecule has 4 aromatic rings. The van der Waals surface area contributed by atoms with Crippen LogP contribution in [-0.2, 0) is 9.59 Å². The van der Waals surface area contributed by atoms with Crippen molar-refractivity contribution in [3.63, 3.8) is 0 Å². The van der Waals surface area contributed by atoms with Crippen molar-refractivity contribution in [2.45, 2.75) is 92.7 Å². The SMILES string of the molecule is CC.CC(C)(C)N.CCC(Oc1ccc(-c2noc(C(C)C)n2)cc1)c1nc(-c2ccc(C=O)c(F)c2)no1.CCCNC.O=CO.O=CO. The fraction of sp³-hybridized carbons (Fsp3) is 0.457. The third-order valence-electron chi connectivity index (χ3n) is 5.30. The Labute approximate surface area is 293 Å². The summed E-state index contributed by atoms with van der Waals surface area (Å²) in [5, 5.41) is 24.7. The average Bonchev–Trinajstić information content (AvgIpc) is 3.77. The number of rotatable bonds is 10. The number of hydrogen-bond acceptors (Lipinski definition) is 12. The molecule has 1 atom stereocenters. The number of carboxylic acid groups (broad SMARTS) is 2. The minimum Gasteiger partial charge on any atom is -0.483 e. The van der Waals surface area contributed by atoms with Crippen molar-refractivity contribution in [1.82, 2.24) is 25.6 Å². The minimum absolute atomic E-state index is 0. The zero-order valence-electron chi connectivity index (χ0n) is 30.6. The van der Waals surface area contributed by atoms with Crippen molar-refractivity contribution in [2.24, 2.45) is 5.73 Å². The van der Waals surface area contributed by atoms with Crippen molar-refractivity contribution in [3.8, 4) is 28.5 Å². The number of carbonyl (C=O) groups excluding carboxylic acids is 1. The Balaban J connectivity index is 0. The van der Waals surface area contributed by atoms with E-state index in [2.05, 4.69) is 32.5 Å². The summed E-state index contributed by atoms with van der Waals surface area (Å²) in [7, 11) is 1.96. The van der Waals surface area contributed by atoms with Gasteiger partial charge in [0.1, 0.15) is 11.6 Å². The van der Waals surface area contributed by atoms with Gasteiger partial charge in [-0.3, -0.25) is 14.4 Å². The van der Waals surface area contributed by atoms with Gasteiger partial charge >= 0.3 is 0 Å². The van der Waals surface area contributed by atoms with Crippen molar-refractivity contribution < 1.29 is 42.8 Å². The lowest BCUT2D eigenvalue weighted by Gasteiger charge is -2.13. The second-order valence-electron chi connectivity index (χ2n) is 11.1. The number of halogens is 1. The molecule has 5 N–H and O–H groups in total. The molecule has 0 radical (unpaired) electrons. The van der Waals surface area contributed by atoms with E-state index in [0.717, 1.165) is 12.1 Å². The van der Waals surface area contributed by atoms with E-state index in [0.29, 0.717) is 35.7 Å². The van der Waals surface area contributed by atoms with Crippen LogP contribution in [0, 0.1) is 5.82 Å². The van der Waals surface area contributed by atoms with Crippen LogP contribution in [0.2, 0.25) is 0 Å². The van der Waals surface area contributed by atoms with E-state index in [9.17, 15) is 9.18 Å². The van der Waals surface area contributed by atoms with Crippen LogP contribution in [0.25, 0.3) is 22.8 Å². The molecule has 0 bridgehead atoms. The van der Waals surface area contributed by atoms with E-state index in [1.807, 2.05) is 74.6 Å². The normalized spacial score (nSPS) is 10.4. The first kappa shape index (κ1) is 47.1. The van der Waals surface area contributed by atoms with Crippen LogP contribution in [-0.4, -0.2) is 68.9 Å². The summed E-state index contributed by atoms with van der Waals surface area (Å²) in [5.41, 5.74) is 6.54. The molecule has 4 rings (SSSR count). The van der Waals surface area contributed by atoms with Gasteiger partial charge in [0.15, 0.2) is 12.4 Å². The molecule has 278 valence electrons. The number of ether oxygens (including phenoxy) is 1. The molecule has 0 aliphatic rings. The largest absolute Gasteiger partial charge is 0.483 e. The van der Waals surface area contributed by atoms with Gasteiger partial charge in [-0.2, -0.15) is 9.97 Å². The summed E-state index contributed by atoms with van der Waals surface area (Å²) in [6, 6.07) is 11.4. The molecule has 2 heterocycles. The summed E-state index contributed by atoms with van der Waals surface area (Å²) >= 11 is 0. The molecule has 2 aromatic carbocycles. The van der Waals surface area contributed by atoms with Crippen LogP contribution < -0.4 is 15.8 Å². The van der Waals surface area contributed by atoms with Gasteiger partial charge < -0.3 is 35.0 Å². The lowest BCUT2D eigenvalue weighted by Crippen LogP contribution is -2.26. The van der Waals surface area contributed by atoms with E-state index < -0.39 is 11.9 Å². The summed E-state index contributed by atoms with van der Waals surface area (Å²) < 4.78 is 30.5. The fourth-order valence-corrected chi connectivity index (χ4v) is 3.24. The number of hydrogen-bond donors (Lipinski definition) is 4. The molecule has 2 aromatic heterocycles. The van der Waals surface area contributed by atoms with Gasteiger partial charge in [-0.1, -0.05) is 57.9 Å². The van der Waals surface area contributed by atoms with Crippen LogP contribution in [0.3, 0.4) is 0 Å². The Morgan fingerprint density at radius 2 is 1.36 bits per heavy atom. The lowest BCUT2D eigenvalue weighted by molar-refractivity contribution is -0.123. The van der Waals surface area contributed by atoms with Gasteiger partial charge in [0, 0.05) is 22.6 Å². The third kappa shape index (κ3) is 19.7. The molecule has 15 heteroatoms. The molecule has 0 fully saturated rings. The second kappa shape index (κ2) is 26.9. The summed E-state index contributed by atoms with van der Waals surface area (Å²) in [4.78, 5) is 36.2. The van der Waals surface area contributed by atoms with E-state index in [-0.39, 0.29) is 41.7 Å². The van der Waals surface area contributed by atoms with Gasteiger partial charge in [-0.05, 0) is 83.6 Å². The molecule has 0 spiro atoms. The number of aldehydes is 1. The minimum atomic E-state index is -0.644. The van der Waals surface area contributed by atoms with Crippen molar-refractivity contribution in [1.29, 1.82) is 0 Å². The molecule has 1 unspecified atom stereocenters. The van der Waals surface area contributed by atoms with Crippen molar-refractivity contribution >= 4 is 19.2 Å². The second-order valence-corrected chi connectivity index (χ2v) is 11.1. The van der Waals surface area contributed by atoms with Crippen LogP contribution in [0.15, 0.2) is 51.5 Å². The van der Waals surface area contributed by atoms with E-state index >= 15 is 0 Å². The number of nitrogens with two attached hydrogens (primary N) is 1. The Kier molecular flexibility index (Phi) is 25.3. The maximum absolute atomic E-state index is 13.9. The fourth-order valence-electron chi connectivity index (χ4n) is 3.24. The standard InChI is InChI=1S/C23H21FN4O4.2C4H11N.C2H6.2CH2O2/c1-4-19(23-26-21(28-32-23)15-5-6-16(12-29)18(24)11-15)30-17-9-7-14(8-10-17)20-25-22(13(2)3)31-27-20;1-4(2,3)5;1-3-4-5-2;1-2;2*2-1-3/h5-13,19H,4H2,1-3H3;5H2,1-3H3;5H,3-4H2,1-2H3;1-2H3;2*1H,(H,2,3). The molecular formula is C35H53FN6O8. The number of nitrogens with zero attached hydrogens (tertiary/aromatic N) is 4. The predicted molar refractivity (Wildman–Crippen MR) is 189 cm³/mol. The van der Waals surface area contributed by atoms with Crippen molar-refractivity contribution in [2.75, 3.05) is 13.6 Å². The highest BCUT2D eigenvalue weighted by atomic mass is 19.1. The summed E-state index contributed by atoms with van der Waals surface area (Å²) in [5.74, 6) is 1.70. The van der Waals surface area contributed by atoms with Gasteiger partial charge in [0.2, 0.25) is 17.5 Å². The van der Waals surface area contributed by atoms with Crippen LogP contribution >= 0.6 is 0 Å². The van der Waals surface area contributed by atoms with Crippen molar-refractivity contribution in [3.05, 3.63) is 65.6 Å². The monoisotopic (exact) mass is 704 g/mol. The first-order valence-electron chi connectivity index (χ1n) is 16.0. The Bertz CT molecular complexity index is 1460. The zero-order chi connectivity index (χ0) is 38.7. The molecule has 0 saturated heterocycles. The molecular weight excluding hydrogens is 651 g/mol. The molecule has 50 heavy (non-hydrogen) atoms. The summed E-state index contributed by atoms with van der Waals surface area (Å²) in [6.07, 6.45) is 1.77. The first-order valence-corrected chi connectivity index (χ1v) is 16.0. The molecule has 0 aliphatic carbocycles. The quantitative estimate of drug-likeness (QED) is 0.120. The van der Waals surface area contributed by atoms with Crippen LogP contribution in [0.1, 0.15) is 109 Å². The maximum Gasteiger partial charge on any atom is 0.290 e. The topological polar surface area (TPSA) is 217 Å². The van der Waals surface area contributed by atoms with Crippen LogP contribution in [0.5, 0.6) is 5.75 Å². The molecule has 0 amide bonds. The van der Waals surface area contributed by atoms with E-state index in [1.54, 1.807) is 18.2 Å². The predicted octanol–water partition coefficient (Wildman–Crippen LogP) is 7.18. The van der Waals surface area contributed by atoms with Crippen LogP contribution in [0.4, 0.5) is 4.39 Å². The first-order chi connectivity index (χ1) is 23.7. The average molecular weight is 705 g/mol. The Morgan fingerprint density at radius 3 is 1.74 bits per heavy atom. The smallest absolute Gasteiger partial charge is 0.290 e. The lowest BCUT2D eigenvalue weighted by atomic mass is 10.1. The van der Waals surface area contributed by atoms with E-state index in [1.165, 1.54) is 18.6 Å². The summed E-state index contributed by atoms with van der Waals surface area (Å²) in [6.45, 7) is 18.6. The van der Waals surface area contributed by atoms with Gasteiger partial charge in [0.25, 0.3) is 18.8 Å². The highest BCUT2D eigenvalue weighted by Crippen LogP contribution is 2.28. The highest BCUT2D eigenvalue weighted by molar-refractivity contribution is 5.76. The van der Waals surface area contributed by atoms with Gasteiger partial charge in [0.05, 0.1) is 5.56 Å². The Hall–Kier alpha value is -5.02. The van der Waals surface area contributed by atoms with Gasteiger partial charge in [-0.15, -0.1) is 0 Å². The van der Waals surface area contributed by atoms with E-state index in [4.69, 9.17) is 39.3 Å². The number of aromatic nitrogens is 4. The zero-order valence-corrected chi connectivity index (χ0v) is 30.6. The molecule has 14 nitrogen and oxygen atoms in total. The molecule has 0 saturated carbocycles. The Morgan fingerprint density at radius 1 is 0.900 bits per heavy atom. The third-order valence-corrected chi connectivity index (χ3v) is 5.30. The van der Waals surface area contributed by atoms with Gasteiger partial charge in [-0.25, -0.2) is 4.39 Å². The molecule has 0 aliphatic heterocycles. The highest BCUT2D eigenvalue weighted by Gasteiger charge is 2.21. The maximum atomic E-state index is 13.9.